The Labute approximate surface area is 115 Å². The zero-order valence-corrected chi connectivity index (χ0v) is 11.3. The van der Waals surface area contributed by atoms with E-state index in [4.69, 9.17) is 5.73 Å². The van der Waals surface area contributed by atoms with Gasteiger partial charge in [-0.15, -0.1) is 10.2 Å². The van der Waals surface area contributed by atoms with Gasteiger partial charge in [0.05, 0.1) is 11.6 Å². The molecule has 0 aliphatic carbocycles. The van der Waals surface area contributed by atoms with Crippen LogP contribution in [0.4, 0.5) is 11.5 Å². The Balaban J connectivity index is 1.98. The van der Waals surface area contributed by atoms with Crippen LogP contribution < -0.4 is 11.1 Å². The Bertz CT molecular complexity index is 749. The van der Waals surface area contributed by atoms with Crippen molar-refractivity contribution >= 4 is 22.4 Å². The molecule has 2 heterocycles. The van der Waals surface area contributed by atoms with Gasteiger partial charge in [-0.2, -0.15) is 0 Å². The van der Waals surface area contributed by atoms with Crippen molar-refractivity contribution in [3.05, 3.63) is 36.7 Å². The van der Waals surface area contributed by atoms with Gasteiger partial charge in [0.25, 0.3) is 0 Å². The number of fused-ring (bicyclic) bond motifs is 1. The fourth-order valence-electron chi connectivity index (χ4n) is 2.14. The lowest BCUT2D eigenvalue weighted by atomic mass is 10.2. The lowest BCUT2D eigenvalue weighted by Crippen LogP contribution is -2.13. The van der Waals surface area contributed by atoms with Crippen molar-refractivity contribution in [1.29, 1.82) is 0 Å². The second-order valence-electron chi connectivity index (χ2n) is 4.66. The van der Waals surface area contributed by atoms with Crippen LogP contribution >= 0.6 is 0 Å². The molecular weight excluding hydrogens is 254 g/mol. The average molecular weight is 269 g/mol. The number of anilines is 2. The molecule has 7 nitrogen and oxygen atoms in total. The molecule has 0 saturated heterocycles. The Hall–Kier alpha value is -2.70. The molecule has 1 aromatic carbocycles. The predicted molar refractivity (Wildman–Crippen MR) is 77.0 cm³/mol. The molecule has 0 spiro atoms. The lowest BCUT2D eigenvalue weighted by Gasteiger charge is -2.15. The zero-order chi connectivity index (χ0) is 14.1. The monoisotopic (exact) mass is 269 g/mol. The minimum Gasteiger partial charge on any atom is -0.399 e. The molecule has 0 bridgehead atoms. The third kappa shape index (κ3) is 2.13. The molecule has 0 aliphatic heterocycles. The number of aryl methyl sites for hydroxylation is 1. The van der Waals surface area contributed by atoms with Crippen molar-refractivity contribution in [2.45, 2.75) is 13.0 Å². The third-order valence-corrected chi connectivity index (χ3v) is 3.15. The molecule has 2 aromatic heterocycles. The summed E-state index contributed by atoms with van der Waals surface area (Å²) in [5, 5.41) is 12.2. The van der Waals surface area contributed by atoms with Crippen molar-refractivity contribution in [1.82, 2.24) is 24.7 Å². The normalized spacial score (nSPS) is 12.5. The van der Waals surface area contributed by atoms with Crippen LogP contribution in [0, 0.1) is 0 Å². The minimum atomic E-state index is -0.0259. The molecule has 1 atom stereocenters. The van der Waals surface area contributed by atoms with E-state index in [0.29, 0.717) is 5.69 Å². The molecular formula is C13H15N7. The lowest BCUT2D eigenvalue weighted by molar-refractivity contribution is 0.717. The van der Waals surface area contributed by atoms with Gasteiger partial charge in [0.2, 0.25) is 0 Å². The van der Waals surface area contributed by atoms with Gasteiger partial charge in [-0.3, -0.25) is 0 Å². The maximum atomic E-state index is 5.83. The summed E-state index contributed by atoms with van der Waals surface area (Å²) < 4.78 is 1.87. The maximum absolute atomic E-state index is 5.83. The standard InChI is InChI=1S/C13H15N7/c1-8(13-19-17-7-20(13)2)18-12-10-5-9(14)3-4-11(10)15-6-16-12/h3-8H,14H2,1-2H3,(H,15,16,18). The molecule has 7 heteroatoms. The van der Waals surface area contributed by atoms with Crippen LogP contribution in [0.15, 0.2) is 30.9 Å². The van der Waals surface area contributed by atoms with Crippen LogP contribution in [0.3, 0.4) is 0 Å². The van der Waals surface area contributed by atoms with Crippen LogP contribution in [-0.2, 0) is 7.05 Å². The molecule has 0 fully saturated rings. The summed E-state index contributed by atoms with van der Waals surface area (Å²) in [6.45, 7) is 2.00. The summed E-state index contributed by atoms with van der Waals surface area (Å²) in [5.41, 5.74) is 7.36. The van der Waals surface area contributed by atoms with Crippen LogP contribution in [0.25, 0.3) is 10.9 Å². The second kappa shape index (κ2) is 4.76. The van der Waals surface area contributed by atoms with E-state index in [9.17, 15) is 0 Å². The molecule has 0 aliphatic rings. The summed E-state index contributed by atoms with van der Waals surface area (Å²) in [4.78, 5) is 8.52. The first-order valence-corrected chi connectivity index (χ1v) is 6.26. The van der Waals surface area contributed by atoms with Crippen molar-refractivity contribution in [2.24, 2.45) is 7.05 Å². The number of nitrogen functional groups attached to an aromatic ring is 1. The largest absolute Gasteiger partial charge is 0.399 e. The van der Waals surface area contributed by atoms with Gasteiger partial charge in [0.15, 0.2) is 5.82 Å². The number of benzene rings is 1. The number of nitrogens with zero attached hydrogens (tertiary/aromatic N) is 5. The quantitative estimate of drug-likeness (QED) is 0.700. The topological polar surface area (TPSA) is 94.5 Å². The van der Waals surface area contributed by atoms with Crippen LogP contribution in [0.5, 0.6) is 0 Å². The van der Waals surface area contributed by atoms with E-state index >= 15 is 0 Å². The molecule has 1 unspecified atom stereocenters. The van der Waals surface area contributed by atoms with E-state index in [2.05, 4.69) is 25.5 Å². The Morgan fingerprint density at radius 1 is 1.30 bits per heavy atom. The highest BCUT2D eigenvalue weighted by atomic mass is 15.3. The fraction of sp³-hybridized carbons (Fsp3) is 0.231. The van der Waals surface area contributed by atoms with Crippen molar-refractivity contribution in [3.8, 4) is 0 Å². The number of hydrogen-bond acceptors (Lipinski definition) is 6. The SMILES string of the molecule is CC(Nc1ncnc2ccc(N)cc12)c1nncn1C. The predicted octanol–water partition coefficient (Wildman–Crippen LogP) is 1.51. The Morgan fingerprint density at radius 3 is 2.90 bits per heavy atom. The molecule has 0 radical (unpaired) electrons. The van der Waals surface area contributed by atoms with Gasteiger partial charge in [-0.25, -0.2) is 9.97 Å². The fourth-order valence-corrected chi connectivity index (χ4v) is 2.14. The van der Waals surface area contributed by atoms with E-state index in [1.54, 1.807) is 6.33 Å². The van der Waals surface area contributed by atoms with Gasteiger partial charge >= 0.3 is 0 Å². The average Bonchev–Trinajstić information content (AvgIpc) is 2.86. The molecule has 0 saturated carbocycles. The van der Waals surface area contributed by atoms with Crippen molar-refractivity contribution in [3.63, 3.8) is 0 Å². The van der Waals surface area contributed by atoms with Crippen LogP contribution in [0.2, 0.25) is 0 Å². The summed E-state index contributed by atoms with van der Waals surface area (Å²) in [6, 6.07) is 5.54. The first-order chi connectivity index (χ1) is 9.65. The van der Waals surface area contributed by atoms with Crippen LogP contribution in [0.1, 0.15) is 18.8 Å². The van der Waals surface area contributed by atoms with Gasteiger partial charge < -0.3 is 15.6 Å². The zero-order valence-electron chi connectivity index (χ0n) is 11.3. The van der Waals surface area contributed by atoms with Crippen LogP contribution in [-0.4, -0.2) is 24.7 Å². The van der Waals surface area contributed by atoms with E-state index in [-0.39, 0.29) is 6.04 Å². The maximum Gasteiger partial charge on any atom is 0.154 e. The summed E-state index contributed by atoms with van der Waals surface area (Å²) in [7, 11) is 1.91. The molecule has 3 N–H and O–H groups in total. The number of rotatable bonds is 3. The first kappa shape index (κ1) is 12.3. The molecule has 102 valence electrons. The van der Waals surface area contributed by atoms with E-state index in [1.165, 1.54) is 6.33 Å². The number of aromatic nitrogens is 5. The minimum absolute atomic E-state index is 0.0259. The summed E-state index contributed by atoms with van der Waals surface area (Å²) >= 11 is 0. The molecule has 0 amide bonds. The highest BCUT2D eigenvalue weighted by Crippen LogP contribution is 2.24. The van der Waals surface area contributed by atoms with E-state index < -0.39 is 0 Å². The Kier molecular flexibility index (Phi) is 2.94. The number of nitrogens with one attached hydrogen (secondary N) is 1. The van der Waals surface area contributed by atoms with Crippen molar-refractivity contribution < 1.29 is 0 Å². The van der Waals surface area contributed by atoms with Gasteiger partial charge in [0, 0.05) is 18.1 Å². The third-order valence-electron chi connectivity index (χ3n) is 3.15. The van der Waals surface area contributed by atoms with Crippen molar-refractivity contribution in [2.75, 3.05) is 11.1 Å². The first-order valence-electron chi connectivity index (χ1n) is 6.26. The van der Waals surface area contributed by atoms with Gasteiger partial charge in [-0.1, -0.05) is 0 Å². The second-order valence-corrected chi connectivity index (χ2v) is 4.66. The summed E-state index contributed by atoms with van der Waals surface area (Å²) in [6.07, 6.45) is 3.20. The Morgan fingerprint density at radius 2 is 2.15 bits per heavy atom. The molecule has 3 aromatic rings. The number of nitrogens with two attached hydrogens (primary N) is 1. The summed E-state index contributed by atoms with van der Waals surface area (Å²) in [5.74, 6) is 1.57. The molecule has 3 rings (SSSR count). The van der Waals surface area contributed by atoms with Gasteiger partial charge in [0.1, 0.15) is 18.5 Å². The number of hydrogen-bond donors (Lipinski definition) is 2. The molecule has 20 heavy (non-hydrogen) atoms. The smallest absolute Gasteiger partial charge is 0.154 e. The highest BCUT2D eigenvalue weighted by Gasteiger charge is 2.13. The van der Waals surface area contributed by atoms with E-state index in [0.717, 1.165) is 22.5 Å². The highest BCUT2D eigenvalue weighted by molar-refractivity contribution is 5.91. The van der Waals surface area contributed by atoms with E-state index in [1.807, 2.05) is 36.7 Å². The van der Waals surface area contributed by atoms with Gasteiger partial charge in [-0.05, 0) is 25.1 Å².